The fraction of sp³-hybridized carbons (Fsp3) is 0.588. The third-order valence-corrected chi connectivity index (χ3v) is 4.50. The third-order valence-electron chi connectivity index (χ3n) is 3.40. The molecule has 1 unspecified atom stereocenters. The summed E-state index contributed by atoms with van der Waals surface area (Å²) in [5, 5.41) is 0. The number of benzene rings is 1. The minimum Gasteiger partial charge on any atom is -0.465 e. The Morgan fingerprint density at radius 3 is 2.48 bits per heavy atom. The lowest BCUT2D eigenvalue weighted by molar-refractivity contribution is -0.149. The van der Waals surface area contributed by atoms with Crippen LogP contribution in [0.3, 0.4) is 0 Å². The molecule has 0 fully saturated rings. The van der Waals surface area contributed by atoms with Crippen LogP contribution in [0.2, 0.25) is 0 Å². The van der Waals surface area contributed by atoms with Gasteiger partial charge in [0.15, 0.2) is 0 Å². The van der Waals surface area contributed by atoms with Crippen molar-refractivity contribution in [3.63, 3.8) is 0 Å². The van der Waals surface area contributed by atoms with E-state index in [4.69, 9.17) is 10.5 Å². The van der Waals surface area contributed by atoms with Crippen molar-refractivity contribution in [2.45, 2.75) is 56.9 Å². The molecule has 0 aliphatic carbocycles. The zero-order valence-electron chi connectivity index (χ0n) is 13.5. The second-order valence-corrected chi connectivity index (χ2v) is 6.98. The summed E-state index contributed by atoms with van der Waals surface area (Å²) in [6, 6.07) is 8.68. The molecular weight excluding hydrogens is 282 g/mol. The number of hydrogen-bond donors (Lipinski definition) is 1. The van der Waals surface area contributed by atoms with Crippen LogP contribution in [0.5, 0.6) is 0 Å². The number of carbonyl (C=O) groups excluding carboxylic acids is 1. The second kappa shape index (κ2) is 8.44. The number of ether oxygens (including phenoxy) is 1. The summed E-state index contributed by atoms with van der Waals surface area (Å²) in [5.41, 5.74) is 6.48. The van der Waals surface area contributed by atoms with Crippen molar-refractivity contribution in [2.24, 2.45) is 5.73 Å². The molecule has 0 radical (unpaired) electrons. The van der Waals surface area contributed by atoms with E-state index in [0.29, 0.717) is 18.9 Å². The van der Waals surface area contributed by atoms with Gasteiger partial charge in [-0.05, 0) is 56.1 Å². The molecule has 0 spiro atoms. The Balaban J connectivity index is 2.35. The highest BCUT2D eigenvalue weighted by Gasteiger charge is 2.29. The van der Waals surface area contributed by atoms with Crippen molar-refractivity contribution in [2.75, 3.05) is 12.4 Å². The maximum absolute atomic E-state index is 11.7. The van der Waals surface area contributed by atoms with Gasteiger partial charge in [0.25, 0.3) is 0 Å². The molecule has 21 heavy (non-hydrogen) atoms. The number of esters is 1. The molecule has 0 bridgehead atoms. The molecule has 0 saturated carbocycles. The Hall–Kier alpha value is -1.00. The first-order chi connectivity index (χ1) is 9.86. The number of rotatable bonds is 8. The largest absolute Gasteiger partial charge is 0.465 e. The van der Waals surface area contributed by atoms with Crippen LogP contribution < -0.4 is 5.73 Å². The molecule has 0 saturated heterocycles. The first kappa shape index (κ1) is 18.1. The van der Waals surface area contributed by atoms with Gasteiger partial charge in [-0.3, -0.25) is 4.79 Å². The number of hydrogen-bond acceptors (Lipinski definition) is 4. The molecule has 3 nitrogen and oxygen atoms in total. The molecule has 0 aromatic heterocycles. The Morgan fingerprint density at radius 2 is 1.95 bits per heavy atom. The Labute approximate surface area is 132 Å². The molecule has 2 N–H and O–H groups in total. The van der Waals surface area contributed by atoms with Gasteiger partial charge in [-0.2, -0.15) is 0 Å². The zero-order valence-corrected chi connectivity index (χ0v) is 14.3. The van der Waals surface area contributed by atoms with Crippen molar-refractivity contribution in [3.05, 3.63) is 29.8 Å². The van der Waals surface area contributed by atoms with E-state index in [0.717, 1.165) is 12.2 Å². The van der Waals surface area contributed by atoms with Gasteiger partial charge in [-0.15, -0.1) is 11.8 Å². The summed E-state index contributed by atoms with van der Waals surface area (Å²) in [7, 11) is 0. The molecule has 118 valence electrons. The maximum atomic E-state index is 11.7. The summed E-state index contributed by atoms with van der Waals surface area (Å²) in [6.45, 7) is 8.31. The molecule has 1 aromatic rings. The highest BCUT2D eigenvalue weighted by molar-refractivity contribution is 7.99. The van der Waals surface area contributed by atoms with Gasteiger partial charge in [0.05, 0.1) is 6.61 Å². The molecule has 0 aliphatic heterocycles. The summed E-state index contributed by atoms with van der Waals surface area (Å²) in [6.07, 6.45) is 1.53. The van der Waals surface area contributed by atoms with Crippen LogP contribution in [-0.2, 0) is 9.53 Å². The first-order valence-corrected chi connectivity index (χ1v) is 8.54. The number of nitrogens with two attached hydrogens (primary N) is 1. The minimum absolute atomic E-state index is 0.309. The van der Waals surface area contributed by atoms with Gasteiger partial charge >= 0.3 is 5.97 Å². The average Bonchev–Trinajstić information content (AvgIpc) is 2.44. The Kier molecular flexibility index (Phi) is 7.26. The van der Waals surface area contributed by atoms with Crippen LogP contribution in [0.15, 0.2) is 29.2 Å². The smallest absolute Gasteiger partial charge is 0.325 e. The molecule has 1 aromatic carbocycles. The molecule has 0 heterocycles. The van der Waals surface area contributed by atoms with E-state index in [1.807, 2.05) is 0 Å². The minimum atomic E-state index is -0.877. The lowest BCUT2D eigenvalue weighted by atomic mass is 9.98. The fourth-order valence-electron chi connectivity index (χ4n) is 1.98. The van der Waals surface area contributed by atoms with Gasteiger partial charge < -0.3 is 10.5 Å². The molecule has 0 aliphatic rings. The summed E-state index contributed by atoms with van der Waals surface area (Å²) in [4.78, 5) is 12.9. The Bertz CT molecular complexity index is 441. The molecular formula is C17H27NO2S. The summed E-state index contributed by atoms with van der Waals surface area (Å²) >= 11 is 1.80. The summed E-state index contributed by atoms with van der Waals surface area (Å²) in [5.74, 6) is 1.20. The molecule has 1 atom stereocenters. The van der Waals surface area contributed by atoms with Gasteiger partial charge in [0.2, 0.25) is 0 Å². The average molecular weight is 309 g/mol. The SMILES string of the molecule is CCOC(=O)C(C)(N)CCCSc1ccc(C(C)C)cc1. The van der Waals surface area contributed by atoms with E-state index >= 15 is 0 Å². The number of thioether (sulfide) groups is 1. The van der Waals surface area contributed by atoms with Gasteiger partial charge in [0, 0.05) is 4.90 Å². The van der Waals surface area contributed by atoms with Crippen molar-refractivity contribution >= 4 is 17.7 Å². The lowest BCUT2D eigenvalue weighted by Gasteiger charge is -2.21. The highest BCUT2D eigenvalue weighted by Crippen LogP contribution is 2.23. The molecule has 1 rings (SSSR count). The predicted octanol–water partition coefficient (Wildman–Crippen LogP) is 3.96. The normalized spacial score (nSPS) is 14.0. The zero-order chi connectivity index (χ0) is 15.9. The van der Waals surface area contributed by atoms with Crippen LogP contribution in [0.25, 0.3) is 0 Å². The first-order valence-electron chi connectivity index (χ1n) is 7.55. The van der Waals surface area contributed by atoms with Crippen LogP contribution in [0.1, 0.15) is 52.0 Å². The van der Waals surface area contributed by atoms with E-state index in [9.17, 15) is 4.79 Å². The van der Waals surface area contributed by atoms with Gasteiger partial charge in [-0.1, -0.05) is 26.0 Å². The monoisotopic (exact) mass is 309 g/mol. The van der Waals surface area contributed by atoms with Gasteiger partial charge in [-0.25, -0.2) is 0 Å². The van der Waals surface area contributed by atoms with Gasteiger partial charge in [0.1, 0.15) is 5.54 Å². The maximum Gasteiger partial charge on any atom is 0.325 e. The van der Waals surface area contributed by atoms with Crippen LogP contribution in [0.4, 0.5) is 0 Å². The number of carbonyl (C=O) groups is 1. The third kappa shape index (κ3) is 6.10. The Morgan fingerprint density at radius 1 is 1.33 bits per heavy atom. The van der Waals surface area contributed by atoms with Crippen LogP contribution >= 0.6 is 11.8 Å². The van der Waals surface area contributed by atoms with Crippen molar-refractivity contribution in [3.8, 4) is 0 Å². The predicted molar refractivity (Wildman–Crippen MR) is 89.7 cm³/mol. The van der Waals surface area contributed by atoms with E-state index < -0.39 is 5.54 Å². The van der Waals surface area contributed by atoms with Crippen molar-refractivity contribution in [1.82, 2.24) is 0 Å². The fourth-order valence-corrected chi connectivity index (χ4v) is 2.83. The van der Waals surface area contributed by atoms with Crippen LogP contribution in [0, 0.1) is 0 Å². The van der Waals surface area contributed by atoms with Crippen LogP contribution in [-0.4, -0.2) is 23.9 Å². The van der Waals surface area contributed by atoms with E-state index in [2.05, 4.69) is 38.1 Å². The lowest BCUT2D eigenvalue weighted by Crippen LogP contribution is -2.46. The van der Waals surface area contributed by atoms with Crippen molar-refractivity contribution < 1.29 is 9.53 Å². The molecule has 4 heteroatoms. The standard InChI is InChI=1S/C17H27NO2S/c1-5-20-16(19)17(4,18)11-6-12-21-15-9-7-14(8-10-15)13(2)3/h7-10,13H,5-6,11-12,18H2,1-4H3. The summed E-state index contributed by atoms with van der Waals surface area (Å²) < 4.78 is 4.99. The van der Waals surface area contributed by atoms with Crippen molar-refractivity contribution in [1.29, 1.82) is 0 Å². The topological polar surface area (TPSA) is 52.3 Å². The quantitative estimate of drug-likeness (QED) is 0.448. The van der Waals surface area contributed by atoms with E-state index in [-0.39, 0.29) is 5.97 Å². The second-order valence-electron chi connectivity index (χ2n) is 5.81. The van der Waals surface area contributed by atoms with E-state index in [1.165, 1.54) is 10.5 Å². The molecule has 0 amide bonds. The highest BCUT2D eigenvalue weighted by atomic mass is 32.2. The van der Waals surface area contributed by atoms with E-state index in [1.54, 1.807) is 25.6 Å².